The molecule has 0 unspecified atom stereocenters. The van der Waals surface area contributed by atoms with Crippen LogP contribution in [0.4, 0.5) is 5.69 Å². The van der Waals surface area contributed by atoms with Crippen molar-refractivity contribution < 1.29 is 14.5 Å². The largest absolute Gasteiger partial charge is 0.350 e. The van der Waals surface area contributed by atoms with Crippen LogP contribution >= 0.6 is 0 Å². The second kappa shape index (κ2) is 7.77. The lowest BCUT2D eigenvalue weighted by molar-refractivity contribution is -0.385. The van der Waals surface area contributed by atoms with Crippen LogP contribution < -0.4 is 10.6 Å². The molecule has 0 spiro atoms. The molecule has 0 aliphatic heterocycles. The Balaban J connectivity index is 1.87. The molecule has 9 nitrogen and oxygen atoms in total. The van der Waals surface area contributed by atoms with Gasteiger partial charge in [-0.15, -0.1) is 0 Å². The standard InChI is InChI=1S/C15H15N5O4/c1-10-11(3-2-4-13(10)20(23)24)14(21)18-7-8-19-15(22)12-9-16-5-6-17-12/h2-6,9H,7-8H2,1H3,(H,18,21)(H,19,22). The van der Waals surface area contributed by atoms with Crippen LogP contribution in [0.2, 0.25) is 0 Å². The molecule has 1 aromatic carbocycles. The van der Waals surface area contributed by atoms with E-state index in [4.69, 9.17) is 0 Å². The smallest absolute Gasteiger partial charge is 0.273 e. The fourth-order valence-electron chi connectivity index (χ4n) is 2.02. The highest BCUT2D eigenvalue weighted by molar-refractivity contribution is 5.96. The number of carbonyl (C=O) groups is 2. The maximum atomic E-state index is 12.1. The minimum Gasteiger partial charge on any atom is -0.350 e. The van der Waals surface area contributed by atoms with Crippen molar-refractivity contribution in [3.63, 3.8) is 0 Å². The van der Waals surface area contributed by atoms with Crippen LogP contribution in [0.15, 0.2) is 36.8 Å². The monoisotopic (exact) mass is 329 g/mol. The third-order valence-electron chi connectivity index (χ3n) is 3.24. The highest BCUT2D eigenvalue weighted by atomic mass is 16.6. The third kappa shape index (κ3) is 4.09. The van der Waals surface area contributed by atoms with Gasteiger partial charge in [-0.1, -0.05) is 6.07 Å². The summed E-state index contributed by atoms with van der Waals surface area (Å²) in [6.07, 6.45) is 4.19. The van der Waals surface area contributed by atoms with Gasteiger partial charge in [0.2, 0.25) is 0 Å². The molecule has 24 heavy (non-hydrogen) atoms. The van der Waals surface area contributed by atoms with Gasteiger partial charge in [0.15, 0.2) is 0 Å². The minimum atomic E-state index is -0.534. The second-order valence-corrected chi connectivity index (χ2v) is 4.81. The van der Waals surface area contributed by atoms with Crippen LogP contribution in [0.3, 0.4) is 0 Å². The summed E-state index contributed by atoms with van der Waals surface area (Å²) in [5, 5.41) is 16.1. The molecule has 0 atom stereocenters. The van der Waals surface area contributed by atoms with Crippen molar-refractivity contribution in [1.82, 2.24) is 20.6 Å². The van der Waals surface area contributed by atoms with E-state index in [9.17, 15) is 19.7 Å². The molecule has 124 valence electrons. The van der Waals surface area contributed by atoms with Gasteiger partial charge in [0.1, 0.15) is 5.69 Å². The normalized spacial score (nSPS) is 10.0. The van der Waals surface area contributed by atoms with Crippen LogP contribution in [0, 0.1) is 17.0 Å². The number of nitrogens with one attached hydrogen (secondary N) is 2. The van der Waals surface area contributed by atoms with E-state index in [1.54, 1.807) is 0 Å². The SMILES string of the molecule is Cc1c(C(=O)NCCNC(=O)c2cnccn2)cccc1[N+](=O)[O-]. The maximum Gasteiger partial charge on any atom is 0.273 e. The molecule has 1 aromatic heterocycles. The van der Waals surface area contributed by atoms with Gasteiger partial charge in [0.25, 0.3) is 17.5 Å². The van der Waals surface area contributed by atoms with Crippen molar-refractivity contribution in [2.75, 3.05) is 13.1 Å². The molecule has 2 N–H and O–H groups in total. The van der Waals surface area contributed by atoms with E-state index >= 15 is 0 Å². The predicted molar refractivity (Wildman–Crippen MR) is 84.5 cm³/mol. The van der Waals surface area contributed by atoms with Gasteiger partial charge in [-0.2, -0.15) is 0 Å². The highest BCUT2D eigenvalue weighted by Crippen LogP contribution is 2.20. The van der Waals surface area contributed by atoms with Crippen molar-refractivity contribution in [1.29, 1.82) is 0 Å². The summed E-state index contributed by atoms with van der Waals surface area (Å²) >= 11 is 0. The number of hydrogen-bond acceptors (Lipinski definition) is 6. The number of aromatic nitrogens is 2. The summed E-state index contributed by atoms with van der Waals surface area (Å²) in [5.74, 6) is -0.839. The molecule has 2 rings (SSSR count). The summed E-state index contributed by atoms with van der Waals surface area (Å²) in [5.41, 5.74) is 0.588. The lowest BCUT2D eigenvalue weighted by atomic mass is 10.1. The molecular weight excluding hydrogens is 314 g/mol. The van der Waals surface area contributed by atoms with Crippen molar-refractivity contribution in [2.24, 2.45) is 0 Å². The first kappa shape index (κ1) is 17.0. The summed E-state index contributed by atoms with van der Waals surface area (Å²) in [6, 6.07) is 4.30. The Hall–Kier alpha value is -3.36. The summed E-state index contributed by atoms with van der Waals surface area (Å²) in [6.45, 7) is 1.88. The molecule has 2 amide bonds. The van der Waals surface area contributed by atoms with Crippen LogP contribution in [-0.4, -0.2) is 39.8 Å². The van der Waals surface area contributed by atoms with E-state index in [0.717, 1.165) is 0 Å². The molecule has 1 heterocycles. The Morgan fingerprint density at radius 3 is 2.50 bits per heavy atom. The number of nitro groups is 1. The van der Waals surface area contributed by atoms with Gasteiger partial charge < -0.3 is 10.6 Å². The van der Waals surface area contributed by atoms with Gasteiger partial charge in [0.05, 0.1) is 11.1 Å². The minimum absolute atomic E-state index is 0.112. The van der Waals surface area contributed by atoms with Crippen molar-refractivity contribution in [3.8, 4) is 0 Å². The first-order chi connectivity index (χ1) is 11.5. The van der Waals surface area contributed by atoms with Crippen LogP contribution in [0.1, 0.15) is 26.4 Å². The van der Waals surface area contributed by atoms with Gasteiger partial charge in [-0.3, -0.25) is 24.7 Å². The zero-order chi connectivity index (χ0) is 17.5. The lowest BCUT2D eigenvalue weighted by Crippen LogP contribution is -2.35. The quantitative estimate of drug-likeness (QED) is 0.459. The molecule has 0 bridgehead atoms. The number of nitrogens with zero attached hydrogens (tertiary/aromatic N) is 3. The number of amides is 2. The topological polar surface area (TPSA) is 127 Å². The summed E-state index contributed by atoms with van der Waals surface area (Å²) in [7, 11) is 0. The molecule has 9 heteroatoms. The molecule has 0 radical (unpaired) electrons. The zero-order valence-corrected chi connectivity index (χ0v) is 12.9. The van der Waals surface area contributed by atoms with Crippen LogP contribution in [0.5, 0.6) is 0 Å². The Morgan fingerprint density at radius 2 is 1.88 bits per heavy atom. The Labute approximate surface area is 137 Å². The summed E-state index contributed by atoms with van der Waals surface area (Å²) in [4.78, 5) is 41.8. The first-order valence-corrected chi connectivity index (χ1v) is 7.07. The molecule has 0 saturated heterocycles. The van der Waals surface area contributed by atoms with Gasteiger partial charge in [-0.25, -0.2) is 4.98 Å². The summed E-state index contributed by atoms with van der Waals surface area (Å²) < 4.78 is 0. The average Bonchev–Trinajstić information content (AvgIpc) is 2.59. The van der Waals surface area contributed by atoms with E-state index in [1.807, 2.05) is 0 Å². The molecule has 0 fully saturated rings. The fourth-order valence-corrected chi connectivity index (χ4v) is 2.02. The number of rotatable bonds is 6. The predicted octanol–water partition coefficient (Wildman–Crippen LogP) is 0.853. The molecular formula is C15H15N5O4. The van der Waals surface area contributed by atoms with E-state index in [-0.39, 0.29) is 30.0 Å². The van der Waals surface area contributed by atoms with Gasteiger partial charge in [0, 0.05) is 42.7 Å². The lowest BCUT2D eigenvalue weighted by Gasteiger charge is -2.08. The van der Waals surface area contributed by atoms with E-state index in [0.29, 0.717) is 5.56 Å². The van der Waals surface area contributed by atoms with E-state index < -0.39 is 16.7 Å². The van der Waals surface area contributed by atoms with Gasteiger partial charge >= 0.3 is 0 Å². The number of benzene rings is 1. The molecule has 2 aromatic rings. The van der Waals surface area contributed by atoms with Crippen molar-refractivity contribution >= 4 is 17.5 Å². The third-order valence-corrected chi connectivity index (χ3v) is 3.24. The van der Waals surface area contributed by atoms with E-state index in [2.05, 4.69) is 20.6 Å². The fraction of sp³-hybridized carbons (Fsp3) is 0.200. The average molecular weight is 329 g/mol. The van der Waals surface area contributed by atoms with Crippen molar-refractivity contribution in [3.05, 3.63) is 63.7 Å². The van der Waals surface area contributed by atoms with E-state index in [1.165, 1.54) is 43.7 Å². The molecule has 0 saturated carbocycles. The van der Waals surface area contributed by atoms with Crippen LogP contribution in [-0.2, 0) is 0 Å². The first-order valence-electron chi connectivity index (χ1n) is 7.07. The van der Waals surface area contributed by atoms with Crippen molar-refractivity contribution in [2.45, 2.75) is 6.92 Å². The Kier molecular flexibility index (Phi) is 5.50. The molecule has 0 aliphatic rings. The highest BCUT2D eigenvalue weighted by Gasteiger charge is 2.17. The zero-order valence-electron chi connectivity index (χ0n) is 12.9. The van der Waals surface area contributed by atoms with Crippen LogP contribution in [0.25, 0.3) is 0 Å². The van der Waals surface area contributed by atoms with Gasteiger partial charge in [-0.05, 0) is 13.0 Å². The second-order valence-electron chi connectivity index (χ2n) is 4.81. The number of nitro benzene ring substituents is 1. The molecule has 0 aliphatic carbocycles. The number of hydrogen-bond donors (Lipinski definition) is 2. The Morgan fingerprint density at radius 1 is 1.17 bits per heavy atom. The number of carbonyl (C=O) groups excluding carboxylic acids is 2. The Bertz CT molecular complexity index is 764. The maximum absolute atomic E-state index is 12.1.